The number of nitrogens with zero attached hydrogens (tertiary/aromatic N) is 2. The molecule has 0 bridgehead atoms. The normalized spacial score (nSPS) is 14.6. The molecular formula is C23H20N2O. The van der Waals surface area contributed by atoms with Gasteiger partial charge in [-0.1, -0.05) is 72.8 Å². The minimum absolute atomic E-state index is 0.111. The van der Waals surface area contributed by atoms with Crippen LogP contribution in [0, 0.1) is 11.3 Å². The average molecular weight is 340 g/mol. The van der Waals surface area contributed by atoms with Crippen molar-refractivity contribution in [1.29, 1.82) is 5.26 Å². The highest BCUT2D eigenvalue weighted by atomic mass is 16.5. The summed E-state index contributed by atoms with van der Waals surface area (Å²) in [4.78, 5) is 2.42. The predicted molar refractivity (Wildman–Crippen MR) is 102 cm³/mol. The smallest absolute Gasteiger partial charge is 0.137 e. The molecule has 0 unspecified atom stereocenters. The zero-order valence-electron chi connectivity index (χ0n) is 14.5. The molecule has 0 atom stereocenters. The van der Waals surface area contributed by atoms with E-state index >= 15 is 0 Å². The molecule has 3 heteroatoms. The lowest BCUT2D eigenvalue weighted by molar-refractivity contribution is 0.000139. The summed E-state index contributed by atoms with van der Waals surface area (Å²) in [5.74, 6) is 0.677. The maximum Gasteiger partial charge on any atom is 0.137 e. The summed E-state index contributed by atoms with van der Waals surface area (Å²) in [7, 11) is 0. The first-order chi connectivity index (χ1) is 12.8. The minimum atomic E-state index is 0.111. The molecule has 0 radical (unpaired) electrons. The molecule has 1 saturated heterocycles. The van der Waals surface area contributed by atoms with E-state index < -0.39 is 0 Å². The van der Waals surface area contributed by atoms with E-state index in [1.54, 1.807) is 6.07 Å². The Morgan fingerprint density at radius 3 is 1.92 bits per heavy atom. The van der Waals surface area contributed by atoms with Gasteiger partial charge < -0.3 is 4.74 Å². The van der Waals surface area contributed by atoms with Crippen LogP contribution in [0.15, 0.2) is 84.9 Å². The fourth-order valence-electron chi connectivity index (χ4n) is 3.48. The van der Waals surface area contributed by atoms with Crippen LogP contribution in [0.1, 0.15) is 22.7 Å². The van der Waals surface area contributed by atoms with Gasteiger partial charge in [-0.3, -0.25) is 4.90 Å². The van der Waals surface area contributed by atoms with Crippen molar-refractivity contribution in [2.45, 2.75) is 12.1 Å². The average Bonchev–Trinajstić information content (AvgIpc) is 2.68. The quantitative estimate of drug-likeness (QED) is 0.690. The highest BCUT2D eigenvalue weighted by Gasteiger charge is 2.35. The molecule has 0 aliphatic carbocycles. The molecule has 1 aliphatic rings. The molecular weight excluding hydrogens is 320 g/mol. The summed E-state index contributed by atoms with van der Waals surface area (Å²) in [6.07, 6.45) is 0.111. The fourth-order valence-corrected chi connectivity index (χ4v) is 3.48. The van der Waals surface area contributed by atoms with Crippen LogP contribution in [0.4, 0.5) is 0 Å². The van der Waals surface area contributed by atoms with E-state index in [1.165, 1.54) is 11.1 Å². The summed E-state index contributed by atoms with van der Waals surface area (Å²) in [5.41, 5.74) is 3.16. The molecule has 4 rings (SSSR count). The van der Waals surface area contributed by atoms with Crippen LogP contribution in [0.25, 0.3) is 0 Å². The molecule has 3 aromatic rings. The monoisotopic (exact) mass is 340 g/mol. The van der Waals surface area contributed by atoms with Crippen LogP contribution in [0.5, 0.6) is 5.75 Å². The first-order valence-electron chi connectivity index (χ1n) is 8.85. The van der Waals surface area contributed by atoms with Crippen LogP contribution in [0.2, 0.25) is 0 Å². The molecule has 0 spiro atoms. The maximum atomic E-state index is 9.22. The Hall–Kier alpha value is -3.09. The lowest BCUT2D eigenvalue weighted by Gasteiger charge is -2.44. The third kappa shape index (κ3) is 3.33. The standard InChI is InChI=1S/C23H20N2O/c24-15-20-13-7-8-14-22(20)26-21-16-25(17-21)23(18-9-3-1-4-10-18)19-11-5-2-6-12-19/h1-14,21,23H,16-17H2. The van der Waals surface area contributed by atoms with Gasteiger partial charge in [-0.25, -0.2) is 0 Å². The van der Waals surface area contributed by atoms with Gasteiger partial charge in [-0.15, -0.1) is 0 Å². The second-order valence-electron chi connectivity index (χ2n) is 6.53. The van der Waals surface area contributed by atoms with Gasteiger partial charge in [0.25, 0.3) is 0 Å². The number of ether oxygens (including phenoxy) is 1. The predicted octanol–water partition coefficient (Wildman–Crippen LogP) is 4.41. The van der Waals surface area contributed by atoms with Crippen LogP contribution in [-0.4, -0.2) is 24.1 Å². The molecule has 1 aliphatic heterocycles. The van der Waals surface area contributed by atoms with Gasteiger partial charge >= 0.3 is 0 Å². The topological polar surface area (TPSA) is 36.3 Å². The van der Waals surface area contributed by atoms with Crippen molar-refractivity contribution in [3.05, 3.63) is 102 Å². The van der Waals surface area contributed by atoms with Crippen molar-refractivity contribution in [3.8, 4) is 11.8 Å². The highest BCUT2D eigenvalue weighted by Crippen LogP contribution is 2.33. The number of benzene rings is 3. The number of para-hydroxylation sites is 1. The Balaban J connectivity index is 1.51. The van der Waals surface area contributed by atoms with Gasteiger partial charge in [0.05, 0.1) is 11.6 Å². The van der Waals surface area contributed by atoms with Crippen molar-refractivity contribution in [3.63, 3.8) is 0 Å². The molecule has 0 saturated carbocycles. The lowest BCUT2D eigenvalue weighted by Crippen LogP contribution is -2.55. The largest absolute Gasteiger partial charge is 0.486 e. The van der Waals surface area contributed by atoms with E-state index in [2.05, 4.69) is 59.5 Å². The number of nitriles is 1. The number of hydrogen-bond acceptors (Lipinski definition) is 3. The van der Waals surface area contributed by atoms with Crippen LogP contribution < -0.4 is 4.74 Å². The van der Waals surface area contributed by atoms with Crippen molar-refractivity contribution in [2.75, 3.05) is 13.1 Å². The summed E-state index contributed by atoms with van der Waals surface area (Å²) in [5, 5.41) is 9.22. The molecule has 0 amide bonds. The molecule has 0 N–H and O–H groups in total. The summed E-state index contributed by atoms with van der Waals surface area (Å²) in [6, 6.07) is 31.0. The van der Waals surface area contributed by atoms with E-state index in [4.69, 9.17) is 4.74 Å². The third-order valence-corrected chi connectivity index (χ3v) is 4.77. The second kappa shape index (κ2) is 7.43. The highest BCUT2D eigenvalue weighted by molar-refractivity contribution is 5.43. The summed E-state index contributed by atoms with van der Waals surface area (Å²) >= 11 is 0. The second-order valence-corrected chi connectivity index (χ2v) is 6.53. The first kappa shape index (κ1) is 16.4. The lowest BCUT2D eigenvalue weighted by atomic mass is 9.94. The first-order valence-corrected chi connectivity index (χ1v) is 8.85. The summed E-state index contributed by atoms with van der Waals surface area (Å²) < 4.78 is 6.06. The number of likely N-dealkylation sites (tertiary alicyclic amines) is 1. The molecule has 1 fully saturated rings. The Morgan fingerprint density at radius 1 is 0.808 bits per heavy atom. The third-order valence-electron chi connectivity index (χ3n) is 4.77. The van der Waals surface area contributed by atoms with Crippen LogP contribution >= 0.6 is 0 Å². The Morgan fingerprint density at radius 2 is 1.35 bits per heavy atom. The number of rotatable bonds is 5. The molecule has 128 valence electrons. The zero-order valence-corrected chi connectivity index (χ0v) is 14.5. The molecule has 0 aromatic heterocycles. The summed E-state index contributed by atoms with van der Waals surface area (Å²) in [6.45, 7) is 1.68. The van der Waals surface area contributed by atoms with Gasteiger partial charge in [0.15, 0.2) is 0 Å². The minimum Gasteiger partial charge on any atom is -0.486 e. The molecule has 1 heterocycles. The molecule has 26 heavy (non-hydrogen) atoms. The van der Waals surface area contributed by atoms with E-state index in [1.807, 2.05) is 30.3 Å². The maximum absolute atomic E-state index is 9.22. The van der Waals surface area contributed by atoms with Gasteiger partial charge in [-0.2, -0.15) is 5.26 Å². The van der Waals surface area contributed by atoms with Crippen molar-refractivity contribution < 1.29 is 4.74 Å². The van der Waals surface area contributed by atoms with Gasteiger partial charge in [0, 0.05) is 13.1 Å². The van der Waals surface area contributed by atoms with Gasteiger partial charge in [0.2, 0.25) is 0 Å². The van der Waals surface area contributed by atoms with Crippen molar-refractivity contribution in [2.24, 2.45) is 0 Å². The Bertz CT molecular complexity index is 857. The van der Waals surface area contributed by atoms with E-state index in [0.29, 0.717) is 11.3 Å². The van der Waals surface area contributed by atoms with E-state index in [-0.39, 0.29) is 12.1 Å². The van der Waals surface area contributed by atoms with Gasteiger partial charge in [0.1, 0.15) is 17.9 Å². The van der Waals surface area contributed by atoms with Crippen LogP contribution in [-0.2, 0) is 0 Å². The van der Waals surface area contributed by atoms with Crippen molar-refractivity contribution in [1.82, 2.24) is 4.90 Å². The SMILES string of the molecule is N#Cc1ccccc1OC1CN(C(c2ccccc2)c2ccccc2)C1. The zero-order chi connectivity index (χ0) is 17.8. The number of hydrogen-bond donors (Lipinski definition) is 0. The molecule has 3 nitrogen and oxygen atoms in total. The van der Waals surface area contributed by atoms with Crippen LogP contribution in [0.3, 0.4) is 0 Å². The Labute approximate surface area is 154 Å². The van der Waals surface area contributed by atoms with Crippen molar-refractivity contribution >= 4 is 0 Å². The van der Waals surface area contributed by atoms with E-state index in [9.17, 15) is 5.26 Å². The molecule has 3 aromatic carbocycles. The van der Waals surface area contributed by atoms with Gasteiger partial charge in [-0.05, 0) is 23.3 Å². The van der Waals surface area contributed by atoms with E-state index in [0.717, 1.165) is 13.1 Å². The Kier molecular flexibility index (Phi) is 4.68. The fraction of sp³-hybridized carbons (Fsp3) is 0.174.